The molecule has 0 radical (unpaired) electrons. The molecule has 2 aliphatic heterocycles. The lowest BCUT2D eigenvalue weighted by Gasteiger charge is -2.36. The molecule has 2 heterocycles. The Labute approximate surface area is 198 Å². The van der Waals surface area contributed by atoms with Crippen LogP contribution in [-0.2, 0) is 16.9 Å². The standard InChI is InChI=1S/C24H26Cl2N4O2/c25-20-7-1-17(2-8-20)15-28-11-13-29(14-12-28)16-30-22(31)24(18-3-4-18,27-23(30)32)19-5-9-21(26)10-6-19/h1-2,5-10,18H,3-4,11-16H2,(H,27,32). The molecule has 6 nitrogen and oxygen atoms in total. The highest BCUT2D eigenvalue weighted by atomic mass is 35.5. The average Bonchev–Trinajstić information content (AvgIpc) is 3.61. The third kappa shape index (κ3) is 4.13. The van der Waals surface area contributed by atoms with Crippen molar-refractivity contribution in [2.75, 3.05) is 32.8 Å². The van der Waals surface area contributed by atoms with Crippen LogP contribution in [0.1, 0.15) is 24.0 Å². The zero-order chi connectivity index (χ0) is 22.3. The van der Waals surface area contributed by atoms with Crippen LogP contribution in [-0.4, -0.2) is 59.5 Å². The second-order valence-electron chi connectivity index (χ2n) is 8.91. The molecule has 1 aliphatic carbocycles. The molecular weight excluding hydrogens is 447 g/mol. The highest BCUT2D eigenvalue weighted by molar-refractivity contribution is 6.30. The smallest absolute Gasteiger partial charge is 0.319 e. The van der Waals surface area contributed by atoms with Crippen LogP contribution in [0.4, 0.5) is 4.79 Å². The fraction of sp³-hybridized carbons (Fsp3) is 0.417. The third-order valence-electron chi connectivity index (χ3n) is 6.75. The Hall–Kier alpha value is -2.12. The van der Waals surface area contributed by atoms with Crippen LogP contribution in [0.2, 0.25) is 10.0 Å². The van der Waals surface area contributed by atoms with E-state index in [1.807, 2.05) is 24.3 Å². The van der Waals surface area contributed by atoms with E-state index in [2.05, 4.69) is 27.2 Å². The predicted molar refractivity (Wildman–Crippen MR) is 124 cm³/mol. The van der Waals surface area contributed by atoms with Gasteiger partial charge in [0.15, 0.2) is 0 Å². The number of nitrogens with zero attached hydrogens (tertiary/aromatic N) is 3. The van der Waals surface area contributed by atoms with Gasteiger partial charge in [0.25, 0.3) is 5.91 Å². The number of imide groups is 1. The number of amides is 3. The summed E-state index contributed by atoms with van der Waals surface area (Å²) in [6.07, 6.45) is 1.87. The van der Waals surface area contributed by atoms with Crippen molar-refractivity contribution in [3.05, 3.63) is 69.7 Å². The Morgan fingerprint density at radius 1 is 0.844 bits per heavy atom. The van der Waals surface area contributed by atoms with Crippen LogP contribution >= 0.6 is 23.2 Å². The second kappa shape index (κ2) is 8.67. The minimum absolute atomic E-state index is 0.140. The van der Waals surface area contributed by atoms with Gasteiger partial charge in [0.05, 0.1) is 6.67 Å². The Morgan fingerprint density at radius 2 is 1.41 bits per heavy atom. The van der Waals surface area contributed by atoms with Gasteiger partial charge >= 0.3 is 6.03 Å². The fourth-order valence-electron chi connectivity index (χ4n) is 4.80. The molecule has 1 atom stereocenters. The number of hydrogen-bond donors (Lipinski definition) is 1. The number of halogens is 2. The maximum atomic E-state index is 13.6. The van der Waals surface area contributed by atoms with E-state index in [9.17, 15) is 9.59 Å². The van der Waals surface area contributed by atoms with Gasteiger partial charge in [-0.05, 0) is 54.2 Å². The van der Waals surface area contributed by atoms with Crippen LogP contribution in [0, 0.1) is 5.92 Å². The van der Waals surface area contributed by atoms with Gasteiger partial charge in [0.1, 0.15) is 5.54 Å². The van der Waals surface area contributed by atoms with Gasteiger partial charge in [-0.25, -0.2) is 9.69 Å². The molecular formula is C24H26Cl2N4O2. The summed E-state index contributed by atoms with van der Waals surface area (Å²) in [5.74, 6) is -0.00253. The summed E-state index contributed by atoms with van der Waals surface area (Å²) in [4.78, 5) is 32.4. The molecule has 3 amide bonds. The van der Waals surface area contributed by atoms with Gasteiger partial charge in [-0.2, -0.15) is 0 Å². The summed E-state index contributed by atoms with van der Waals surface area (Å²) >= 11 is 12.0. The van der Waals surface area contributed by atoms with E-state index in [1.54, 1.807) is 12.1 Å². The van der Waals surface area contributed by atoms with Crippen molar-refractivity contribution in [2.45, 2.75) is 24.9 Å². The van der Waals surface area contributed by atoms with Crippen molar-refractivity contribution in [3.8, 4) is 0 Å². The summed E-state index contributed by atoms with van der Waals surface area (Å²) in [5.41, 5.74) is 1.09. The van der Waals surface area contributed by atoms with Crippen molar-refractivity contribution in [2.24, 2.45) is 5.92 Å². The molecule has 5 rings (SSSR count). The fourth-order valence-corrected chi connectivity index (χ4v) is 5.05. The number of piperazine rings is 1. The zero-order valence-corrected chi connectivity index (χ0v) is 19.3. The maximum absolute atomic E-state index is 13.6. The highest BCUT2D eigenvalue weighted by Crippen LogP contribution is 2.49. The molecule has 2 aromatic carbocycles. The molecule has 0 bridgehead atoms. The van der Waals surface area contributed by atoms with Gasteiger partial charge < -0.3 is 5.32 Å². The summed E-state index contributed by atoms with van der Waals surface area (Å²) in [7, 11) is 0. The lowest BCUT2D eigenvalue weighted by molar-refractivity contribution is -0.134. The highest BCUT2D eigenvalue weighted by Gasteiger charge is 2.60. The van der Waals surface area contributed by atoms with Crippen molar-refractivity contribution >= 4 is 35.1 Å². The molecule has 168 valence electrons. The van der Waals surface area contributed by atoms with Crippen molar-refractivity contribution in [1.29, 1.82) is 0 Å². The number of carbonyl (C=O) groups is 2. The van der Waals surface area contributed by atoms with E-state index in [-0.39, 0.29) is 17.9 Å². The predicted octanol–water partition coefficient (Wildman–Crippen LogP) is 3.93. The van der Waals surface area contributed by atoms with E-state index in [1.165, 1.54) is 10.5 Å². The van der Waals surface area contributed by atoms with E-state index in [4.69, 9.17) is 23.2 Å². The largest absolute Gasteiger partial charge is 0.326 e. The Morgan fingerprint density at radius 3 is 2.00 bits per heavy atom. The lowest BCUT2D eigenvalue weighted by Crippen LogP contribution is -2.51. The molecule has 2 aromatic rings. The SMILES string of the molecule is O=C1NC(c2ccc(Cl)cc2)(C2CC2)C(=O)N1CN1CCN(Cc2ccc(Cl)cc2)CC1. The van der Waals surface area contributed by atoms with Crippen LogP contribution in [0.3, 0.4) is 0 Å². The second-order valence-corrected chi connectivity index (χ2v) is 9.79. The molecule has 0 spiro atoms. The molecule has 3 fully saturated rings. The van der Waals surface area contributed by atoms with Crippen molar-refractivity contribution < 1.29 is 9.59 Å². The van der Waals surface area contributed by atoms with Gasteiger partial charge in [-0.3, -0.25) is 14.6 Å². The molecule has 1 saturated carbocycles. The Balaban J connectivity index is 1.23. The van der Waals surface area contributed by atoms with Crippen LogP contribution in [0.5, 0.6) is 0 Å². The minimum Gasteiger partial charge on any atom is -0.319 e. The van der Waals surface area contributed by atoms with Gasteiger partial charge in [0.2, 0.25) is 0 Å². The van der Waals surface area contributed by atoms with Gasteiger partial charge in [-0.15, -0.1) is 0 Å². The molecule has 8 heteroatoms. The van der Waals surface area contributed by atoms with Crippen molar-refractivity contribution in [1.82, 2.24) is 20.0 Å². The lowest BCUT2D eigenvalue weighted by atomic mass is 9.85. The number of nitrogens with one attached hydrogen (secondary N) is 1. The molecule has 32 heavy (non-hydrogen) atoms. The summed E-state index contributed by atoms with van der Waals surface area (Å²) in [6, 6.07) is 14.9. The number of rotatable bonds is 6. The first-order valence-electron chi connectivity index (χ1n) is 11.0. The maximum Gasteiger partial charge on any atom is 0.326 e. The monoisotopic (exact) mass is 472 g/mol. The Kier molecular flexibility index (Phi) is 5.88. The van der Waals surface area contributed by atoms with Gasteiger partial charge in [-0.1, -0.05) is 47.5 Å². The van der Waals surface area contributed by atoms with E-state index >= 15 is 0 Å². The molecule has 1 unspecified atom stereocenters. The topological polar surface area (TPSA) is 55.9 Å². The number of urea groups is 1. The first-order chi connectivity index (χ1) is 15.5. The molecule has 3 aliphatic rings. The minimum atomic E-state index is -0.960. The summed E-state index contributed by atoms with van der Waals surface area (Å²) in [5, 5.41) is 4.41. The van der Waals surface area contributed by atoms with E-state index in [0.717, 1.165) is 56.2 Å². The number of hydrogen-bond acceptors (Lipinski definition) is 4. The quantitative estimate of drug-likeness (QED) is 0.647. The summed E-state index contributed by atoms with van der Waals surface area (Å²) < 4.78 is 0. The van der Waals surface area contributed by atoms with Gasteiger partial charge in [0, 0.05) is 42.8 Å². The number of carbonyl (C=O) groups excluding carboxylic acids is 2. The molecule has 0 aromatic heterocycles. The van der Waals surface area contributed by atoms with Crippen LogP contribution in [0.15, 0.2) is 48.5 Å². The van der Waals surface area contributed by atoms with Crippen LogP contribution in [0.25, 0.3) is 0 Å². The van der Waals surface area contributed by atoms with E-state index in [0.29, 0.717) is 11.7 Å². The molecule has 1 N–H and O–H groups in total. The average molecular weight is 473 g/mol. The summed E-state index contributed by atoms with van der Waals surface area (Å²) in [6.45, 7) is 4.58. The van der Waals surface area contributed by atoms with Crippen LogP contribution < -0.4 is 5.32 Å². The Bertz CT molecular complexity index is 1000. The first-order valence-corrected chi connectivity index (χ1v) is 11.8. The molecule has 2 saturated heterocycles. The van der Waals surface area contributed by atoms with E-state index < -0.39 is 5.54 Å². The zero-order valence-electron chi connectivity index (χ0n) is 17.8. The van der Waals surface area contributed by atoms with Crippen molar-refractivity contribution in [3.63, 3.8) is 0 Å². The first kappa shape index (κ1) is 21.7. The number of benzene rings is 2. The third-order valence-corrected chi connectivity index (χ3v) is 7.25. The normalized spacial score (nSPS) is 24.8.